The smallest absolute Gasteiger partial charge is 0.284 e. The Labute approximate surface area is 117 Å². The number of rotatable bonds is 7. The lowest BCUT2D eigenvalue weighted by atomic mass is 10.4. The minimum absolute atomic E-state index is 0.0786. The Balaban J connectivity index is 2.54. The Hall–Kier alpha value is -1.46. The van der Waals surface area contributed by atoms with Crippen molar-refractivity contribution < 1.29 is 13.5 Å². The van der Waals surface area contributed by atoms with Crippen LogP contribution in [0.15, 0.2) is 15.5 Å². The summed E-state index contributed by atoms with van der Waals surface area (Å²) in [6.07, 6.45) is 4.04. The molecule has 1 heterocycles. The number of aromatic nitrogens is 2. The van der Waals surface area contributed by atoms with E-state index < -0.39 is 13.0 Å². The molecule has 0 saturated carbocycles. The Bertz CT molecular complexity index is 514. The van der Waals surface area contributed by atoms with E-state index >= 15 is 0 Å². The number of hydrogen-bond acceptors (Lipinski definition) is 4. The number of halogens is 3. The summed E-state index contributed by atoms with van der Waals surface area (Å²) in [5, 5.41) is 6.72. The van der Waals surface area contributed by atoms with Gasteiger partial charge >= 0.3 is 0 Å². The molecule has 0 fully saturated rings. The first-order chi connectivity index (χ1) is 9.06. The van der Waals surface area contributed by atoms with Crippen LogP contribution in [0.5, 0.6) is 0 Å². The number of alkyl halides is 2. The van der Waals surface area contributed by atoms with E-state index in [1.165, 1.54) is 6.20 Å². The van der Waals surface area contributed by atoms with E-state index in [2.05, 4.69) is 32.3 Å². The molecular formula is C11H12BrF2N3O2. The maximum atomic E-state index is 11.8. The molecule has 0 spiro atoms. The summed E-state index contributed by atoms with van der Waals surface area (Å²) in [7, 11) is 0. The Morgan fingerprint density at radius 2 is 2.37 bits per heavy atom. The van der Waals surface area contributed by atoms with Gasteiger partial charge in [0, 0.05) is 6.54 Å². The lowest BCUT2D eigenvalue weighted by Crippen LogP contribution is -2.24. The predicted octanol–water partition coefficient (Wildman–Crippen LogP) is 1.33. The predicted molar refractivity (Wildman–Crippen MR) is 70.3 cm³/mol. The second-order valence-electron chi connectivity index (χ2n) is 3.43. The van der Waals surface area contributed by atoms with Gasteiger partial charge in [-0.2, -0.15) is 5.10 Å². The van der Waals surface area contributed by atoms with Crippen molar-refractivity contribution in [2.45, 2.75) is 13.0 Å². The van der Waals surface area contributed by atoms with Crippen LogP contribution in [-0.4, -0.2) is 36.0 Å². The molecule has 0 aromatic carbocycles. The summed E-state index contributed by atoms with van der Waals surface area (Å²) in [5.74, 6) is 2.31. The number of anilines is 1. The van der Waals surface area contributed by atoms with E-state index in [1.807, 2.05) is 0 Å². The molecule has 0 unspecified atom stereocenters. The van der Waals surface area contributed by atoms with Gasteiger partial charge in [0.05, 0.1) is 18.5 Å². The van der Waals surface area contributed by atoms with Crippen LogP contribution in [0.3, 0.4) is 0 Å². The molecule has 104 valence electrons. The standard InChI is InChI=1S/C11H12BrF2N3O2/c1-2-4-17-11(18)10(12)8(6-16-17)15-3-5-19-7-9(13)14/h1,6,9,15H,3-5,7H2. The van der Waals surface area contributed by atoms with Crippen LogP contribution in [0.2, 0.25) is 0 Å². The van der Waals surface area contributed by atoms with Crippen LogP contribution in [-0.2, 0) is 11.3 Å². The van der Waals surface area contributed by atoms with E-state index in [9.17, 15) is 13.6 Å². The van der Waals surface area contributed by atoms with Crippen molar-refractivity contribution in [2.75, 3.05) is 25.1 Å². The third-order valence-corrected chi connectivity index (χ3v) is 2.80. The van der Waals surface area contributed by atoms with Gasteiger partial charge in [0.2, 0.25) is 0 Å². The highest BCUT2D eigenvalue weighted by Crippen LogP contribution is 2.15. The van der Waals surface area contributed by atoms with E-state index in [1.54, 1.807) is 0 Å². The summed E-state index contributed by atoms with van der Waals surface area (Å²) < 4.78 is 29.7. The summed E-state index contributed by atoms with van der Waals surface area (Å²) in [5.41, 5.74) is 0.0929. The molecule has 1 rings (SSSR count). The molecule has 8 heteroatoms. The molecule has 0 aliphatic rings. The van der Waals surface area contributed by atoms with Gasteiger partial charge in [-0.25, -0.2) is 13.5 Å². The highest BCUT2D eigenvalue weighted by molar-refractivity contribution is 9.10. The van der Waals surface area contributed by atoms with Crippen molar-refractivity contribution in [1.82, 2.24) is 9.78 Å². The monoisotopic (exact) mass is 335 g/mol. The first-order valence-electron chi connectivity index (χ1n) is 5.35. The van der Waals surface area contributed by atoms with E-state index in [4.69, 9.17) is 11.2 Å². The second kappa shape index (κ2) is 7.86. The second-order valence-corrected chi connectivity index (χ2v) is 4.22. The van der Waals surface area contributed by atoms with E-state index in [-0.39, 0.29) is 29.7 Å². The zero-order valence-electron chi connectivity index (χ0n) is 9.91. The Kier molecular flexibility index (Phi) is 6.45. The lowest BCUT2D eigenvalue weighted by molar-refractivity contribution is 0.0215. The Morgan fingerprint density at radius 3 is 3.00 bits per heavy atom. The van der Waals surface area contributed by atoms with Gasteiger partial charge in [-0.1, -0.05) is 5.92 Å². The fourth-order valence-corrected chi connectivity index (χ4v) is 1.66. The normalized spacial score (nSPS) is 10.5. The van der Waals surface area contributed by atoms with Gasteiger partial charge in [0.25, 0.3) is 12.0 Å². The maximum Gasteiger partial charge on any atom is 0.284 e. The van der Waals surface area contributed by atoms with Gasteiger partial charge in [-0.05, 0) is 15.9 Å². The zero-order chi connectivity index (χ0) is 14.3. The minimum atomic E-state index is -2.49. The zero-order valence-corrected chi connectivity index (χ0v) is 11.5. The van der Waals surface area contributed by atoms with Crippen molar-refractivity contribution in [3.05, 3.63) is 21.0 Å². The van der Waals surface area contributed by atoms with Crippen molar-refractivity contribution >= 4 is 21.6 Å². The van der Waals surface area contributed by atoms with Gasteiger partial charge in [-0.3, -0.25) is 4.79 Å². The molecule has 1 aromatic rings. The Morgan fingerprint density at radius 1 is 1.63 bits per heavy atom. The molecule has 0 radical (unpaired) electrons. The molecular weight excluding hydrogens is 324 g/mol. The SMILES string of the molecule is C#CCn1ncc(NCCOCC(F)F)c(Br)c1=O. The topological polar surface area (TPSA) is 56.1 Å². The molecule has 0 aliphatic heterocycles. The molecule has 0 amide bonds. The molecule has 0 bridgehead atoms. The average molecular weight is 336 g/mol. The highest BCUT2D eigenvalue weighted by atomic mass is 79.9. The van der Waals surface area contributed by atoms with Gasteiger partial charge in [0.15, 0.2) is 0 Å². The fraction of sp³-hybridized carbons (Fsp3) is 0.455. The van der Waals surface area contributed by atoms with Crippen LogP contribution in [0.4, 0.5) is 14.5 Å². The molecule has 1 aromatic heterocycles. The summed E-state index contributed by atoms with van der Waals surface area (Å²) in [6.45, 7) is -0.143. The van der Waals surface area contributed by atoms with Crippen LogP contribution >= 0.6 is 15.9 Å². The molecule has 0 saturated heterocycles. The van der Waals surface area contributed by atoms with Crippen molar-refractivity contribution in [2.24, 2.45) is 0 Å². The molecule has 0 atom stereocenters. The summed E-state index contributed by atoms with van der Waals surface area (Å²) in [6, 6.07) is 0. The summed E-state index contributed by atoms with van der Waals surface area (Å²) >= 11 is 3.13. The van der Waals surface area contributed by atoms with Crippen molar-refractivity contribution in [3.8, 4) is 12.3 Å². The average Bonchev–Trinajstić information content (AvgIpc) is 2.37. The quantitative estimate of drug-likeness (QED) is 0.603. The fourth-order valence-electron chi connectivity index (χ4n) is 1.22. The first kappa shape index (κ1) is 15.6. The van der Waals surface area contributed by atoms with Crippen molar-refractivity contribution in [3.63, 3.8) is 0 Å². The largest absolute Gasteiger partial charge is 0.380 e. The third kappa shape index (κ3) is 4.96. The molecule has 5 nitrogen and oxygen atoms in total. The van der Waals surface area contributed by atoms with Gasteiger partial charge < -0.3 is 10.1 Å². The number of hydrogen-bond donors (Lipinski definition) is 1. The highest BCUT2D eigenvalue weighted by Gasteiger charge is 2.08. The van der Waals surface area contributed by atoms with Gasteiger partial charge in [0.1, 0.15) is 17.6 Å². The van der Waals surface area contributed by atoms with Crippen LogP contribution < -0.4 is 10.9 Å². The molecule has 1 N–H and O–H groups in total. The van der Waals surface area contributed by atoms with Crippen LogP contribution in [0.25, 0.3) is 0 Å². The molecule has 19 heavy (non-hydrogen) atoms. The lowest BCUT2D eigenvalue weighted by Gasteiger charge is -2.09. The maximum absolute atomic E-state index is 11.8. The van der Waals surface area contributed by atoms with E-state index in [0.717, 1.165) is 4.68 Å². The number of nitrogens with zero attached hydrogens (tertiary/aromatic N) is 2. The molecule has 0 aliphatic carbocycles. The first-order valence-corrected chi connectivity index (χ1v) is 6.14. The van der Waals surface area contributed by atoms with Crippen LogP contribution in [0, 0.1) is 12.3 Å². The van der Waals surface area contributed by atoms with Crippen molar-refractivity contribution in [1.29, 1.82) is 0 Å². The van der Waals surface area contributed by atoms with Crippen LogP contribution in [0.1, 0.15) is 0 Å². The third-order valence-electron chi connectivity index (χ3n) is 2.03. The minimum Gasteiger partial charge on any atom is -0.380 e. The number of terminal acetylenes is 1. The van der Waals surface area contributed by atoms with E-state index in [0.29, 0.717) is 5.69 Å². The number of nitrogens with one attached hydrogen (secondary N) is 1. The number of ether oxygens (including phenoxy) is 1. The van der Waals surface area contributed by atoms with Gasteiger partial charge in [-0.15, -0.1) is 6.42 Å². The summed E-state index contributed by atoms with van der Waals surface area (Å²) in [4.78, 5) is 11.7.